The minimum Gasteiger partial charge on any atom is -0.486 e. The van der Waals surface area contributed by atoms with E-state index in [2.05, 4.69) is 5.32 Å². The molecule has 126 valence electrons. The number of hydrogen-bond donors (Lipinski definition) is 1. The third kappa shape index (κ3) is 3.42. The van der Waals surface area contributed by atoms with Gasteiger partial charge in [0, 0.05) is 50.6 Å². The van der Waals surface area contributed by atoms with E-state index in [0.29, 0.717) is 30.4 Å². The van der Waals surface area contributed by atoms with Crippen molar-refractivity contribution in [2.24, 2.45) is 0 Å². The quantitative estimate of drug-likeness (QED) is 0.873. The van der Waals surface area contributed by atoms with Crippen molar-refractivity contribution in [1.29, 1.82) is 0 Å². The highest BCUT2D eigenvalue weighted by molar-refractivity contribution is 5.92. The van der Waals surface area contributed by atoms with Gasteiger partial charge < -0.3 is 19.7 Å². The van der Waals surface area contributed by atoms with Crippen LogP contribution in [0.15, 0.2) is 42.7 Å². The molecule has 24 heavy (non-hydrogen) atoms. The zero-order valence-corrected chi connectivity index (χ0v) is 14.2. The van der Waals surface area contributed by atoms with Crippen molar-refractivity contribution < 1.29 is 18.8 Å². The van der Waals surface area contributed by atoms with Gasteiger partial charge in [-0.3, -0.25) is 4.79 Å². The van der Waals surface area contributed by atoms with Crippen molar-refractivity contribution in [2.75, 3.05) is 37.5 Å². The molecule has 0 fully saturated rings. The number of aromatic nitrogens is 1. The molecule has 2 aromatic rings. The number of nitrogens with zero attached hydrogens (tertiary/aromatic N) is 2. The molecule has 0 saturated carbocycles. The summed E-state index contributed by atoms with van der Waals surface area (Å²) in [5, 5.41) is 2.92. The van der Waals surface area contributed by atoms with E-state index in [1.165, 1.54) is 0 Å². The molecule has 1 aliphatic heterocycles. The molecular formula is C18H22N3O3+. The molecular weight excluding hydrogens is 306 g/mol. The number of anilines is 2. The van der Waals surface area contributed by atoms with E-state index in [4.69, 9.17) is 9.47 Å². The molecule has 0 spiro atoms. The molecule has 3 rings (SSSR count). The number of pyridine rings is 1. The monoisotopic (exact) mass is 328 g/mol. The molecule has 1 aliphatic rings. The average Bonchev–Trinajstić information content (AvgIpc) is 2.61. The van der Waals surface area contributed by atoms with E-state index < -0.39 is 0 Å². The fourth-order valence-corrected chi connectivity index (χ4v) is 2.49. The number of carbonyl (C=O) groups is 1. The summed E-state index contributed by atoms with van der Waals surface area (Å²) in [6.07, 6.45) is 3.81. The summed E-state index contributed by atoms with van der Waals surface area (Å²) >= 11 is 0. The molecule has 2 heterocycles. The SMILES string of the molecule is C[C@H](C(=O)Nc1ccc2c(c1)OCCO2)[n+]1ccc(N(C)C)cc1. The Labute approximate surface area is 141 Å². The van der Waals surface area contributed by atoms with E-state index >= 15 is 0 Å². The fourth-order valence-electron chi connectivity index (χ4n) is 2.49. The lowest BCUT2D eigenvalue weighted by molar-refractivity contribution is -0.705. The minimum atomic E-state index is -0.325. The zero-order chi connectivity index (χ0) is 17.1. The Hall–Kier alpha value is -2.76. The van der Waals surface area contributed by atoms with Gasteiger partial charge in [0.25, 0.3) is 5.91 Å². The predicted octanol–water partition coefficient (Wildman–Crippen LogP) is 2.01. The molecule has 1 amide bonds. The second-order valence-electron chi connectivity index (χ2n) is 5.92. The highest BCUT2D eigenvalue weighted by Crippen LogP contribution is 2.32. The molecule has 0 unspecified atom stereocenters. The minimum absolute atomic E-state index is 0.0886. The first kappa shape index (κ1) is 16.1. The molecule has 6 nitrogen and oxygen atoms in total. The van der Waals surface area contributed by atoms with Crippen LogP contribution in [0.25, 0.3) is 0 Å². The Morgan fingerprint density at radius 1 is 1.12 bits per heavy atom. The number of nitrogens with one attached hydrogen (secondary N) is 1. The lowest BCUT2D eigenvalue weighted by atomic mass is 10.2. The van der Waals surface area contributed by atoms with Crippen LogP contribution in [-0.2, 0) is 4.79 Å². The molecule has 0 saturated heterocycles. The van der Waals surface area contributed by atoms with Gasteiger partial charge in [-0.2, -0.15) is 4.57 Å². The topological polar surface area (TPSA) is 54.7 Å². The first-order valence-electron chi connectivity index (χ1n) is 7.93. The van der Waals surface area contributed by atoms with Gasteiger partial charge in [-0.05, 0) is 12.1 Å². The lowest BCUT2D eigenvalue weighted by Gasteiger charge is -2.19. The van der Waals surface area contributed by atoms with Crippen LogP contribution in [0.3, 0.4) is 0 Å². The molecule has 0 bridgehead atoms. The maximum absolute atomic E-state index is 12.5. The Kier molecular flexibility index (Phi) is 4.55. The van der Waals surface area contributed by atoms with Gasteiger partial charge >= 0.3 is 0 Å². The number of fused-ring (bicyclic) bond motifs is 1. The van der Waals surface area contributed by atoms with E-state index in [9.17, 15) is 4.79 Å². The number of ether oxygens (including phenoxy) is 2. The second kappa shape index (κ2) is 6.78. The third-order valence-corrected chi connectivity index (χ3v) is 3.99. The molecule has 6 heteroatoms. The summed E-state index contributed by atoms with van der Waals surface area (Å²) in [4.78, 5) is 14.5. The smallest absolute Gasteiger partial charge is 0.293 e. The predicted molar refractivity (Wildman–Crippen MR) is 91.7 cm³/mol. The maximum Gasteiger partial charge on any atom is 0.293 e. The van der Waals surface area contributed by atoms with Crippen LogP contribution in [0.5, 0.6) is 11.5 Å². The van der Waals surface area contributed by atoms with Gasteiger partial charge in [-0.1, -0.05) is 0 Å². The molecule has 1 aromatic heterocycles. The summed E-state index contributed by atoms with van der Waals surface area (Å²) in [5.41, 5.74) is 1.78. The van der Waals surface area contributed by atoms with Gasteiger partial charge in [0.2, 0.25) is 6.04 Å². The van der Waals surface area contributed by atoms with Crippen LogP contribution in [0, 0.1) is 0 Å². The number of amides is 1. The van der Waals surface area contributed by atoms with Gasteiger partial charge in [-0.15, -0.1) is 0 Å². The molecule has 1 aromatic carbocycles. The maximum atomic E-state index is 12.5. The standard InChI is InChI=1S/C18H21N3O3/c1-13(21-8-6-15(7-9-21)20(2)3)18(22)19-14-4-5-16-17(12-14)24-11-10-23-16/h4-9,12-13H,10-11H2,1-3H3/p+1/t13-/m1/s1. The average molecular weight is 328 g/mol. The Balaban J connectivity index is 1.69. The normalized spacial score (nSPS) is 14.0. The lowest BCUT2D eigenvalue weighted by Crippen LogP contribution is -2.44. The molecule has 1 atom stereocenters. The van der Waals surface area contributed by atoms with Gasteiger partial charge in [-0.25, -0.2) is 0 Å². The fraction of sp³-hybridized carbons (Fsp3) is 0.333. The first-order valence-corrected chi connectivity index (χ1v) is 7.93. The van der Waals surface area contributed by atoms with Crippen molar-refractivity contribution in [1.82, 2.24) is 0 Å². The highest BCUT2D eigenvalue weighted by Gasteiger charge is 2.22. The summed E-state index contributed by atoms with van der Waals surface area (Å²) in [5.74, 6) is 1.28. The van der Waals surface area contributed by atoms with Crippen LogP contribution in [-0.4, -0.2) is 33.2 Å². The van der Waals surface area contributed by atoms with Crippen molar-refractivity contribution in [3.05, 3.63) is 42.7 Å². The Morgan fingerprint density at radius 2 is 1.79 bits per heavy atom. The van der Waals surface area contributed by atoms with Gasteiger partial charge in [0.05, 0.1) is 0 Å². The molecule has 0 aliphatic carbocycles. The zero-order valence-electron chi connectivity index (χ0n) is 14.2. The Bertz CT molecular complexity index is 729. The summed E-state index contributed by atoms with van der Waals surface area (Å²) in [6, 6.07) is 9.06. The molecule has 1 N–H and O–H groups in total. The molecule has 0 radical (unpaired) electrons. The highest BCUT2D eigenvalue weighted by atomic mass is 16.6. The van der Waals surface area contributed by atoms with Crippen molar-refractivity contribution >= 4 is 17.3 Å². The Morgan fingerprint density at radius 3 is 2.46 bits per heavy atom. The van der Waals surface area contributed by atoms with Gasteiger partial charge in [0.1, 0.15) is 13.2 Å². The van der Waals surface area contributed by atoms with E-state index in [1.807, 2.05) is 67.1 Å². The van der Waals surface area contributed by atoms with Crippen LogP contribution in [0.4, 0.5) is 11.4 Å². The van der Waals surface area contributed by atoms with Crippen molar-refractivity contribution in [3.63, 3.8) is 0 Å². The number of carbonyl (C=O) groups excluding carboxylic acids is 1. The van der Waals surface area contributed by atoms with Crippen LogP contribution >= 0.6 is 0 Å². The summed E-state index contributed by atoms with van der Waals surface area (Å²) in [7, 11) is 3.97. The van der Waals surface area contributed by atoms with E-state index in [1.54, 1.807) is 6.07 Å². The summed E-state index contributed by atoms with van der Waals surface area (Å²) in [6.45, 7) is 2.94. The van der Waals surface area contributed by atoms with Crippen LogP contribution < -0.4 is 24.3 Å². The van der Waals surface area contributed by atoms with Crippen LogP contribution in [0.2, 0.25) is 0 Å². The van der Waals surface area contributed by atoms with Crippen LogP contribution in [0.1, 0.15) is 13.0 Å². The largest absolute Gasteiger partial charge is 0.486 e. The van der Waals surface area contributed by atoms with Gasteiger partial charge in [0.15, 0.2) is 23.9 Å². The first-order chi connectivity index (χ1) is 11.5. The van der Waals surface area contributed by atoms with E-state index in [-0.39, 0.29) is 11.9 Å². The number of benzene rings is 1. The van der Waals surface area contributed by atoms with E-state index in [0.717, 1.165) is 5.69 Å². The third-order valence-electron chi connectivity index (χ3n) is 3.99. The van der Waals surface area contributed by atoms with Crippen molar-refractivity contribution in [2.45, 2.75) is 13.0 Å². The second-order valence-corrected chi connectivity index (χ2v) is 5.92. The number of hydrogen-bond acceptors (Lipinski definition) is 4. The number of rotatable bonds is 4. The summed E-state index contributed by atoms with van der Waals surface area (Å²) < 4.78 is 12.9. The van der Waals surface area contributed by atoms with Crippen molar-refractivity contribution in [3.8, 4) is 11.5 Å².